The SMILES string of the molecule is Brc1ccc(Nc2c(-c3ccc(-c4ccc(-c5cccc6c5Cc5ccccc5-6)cc4)cc3)ccc3c2Cc2ccccc2-3)cc1. The Balaban J connectivity index is 1.04. The molecule has 1 nitrogen and oxygen atoms in total. The van der Waals surface area contributed by atoms with Crippen LogP contribution in [0, 0.1) is 0 Å². The molecule has 2 heteroatoms. The first-order valence-electron chi connectivity index (χ1n) is 15.9. The molecule has 0 spiro atoms. The van der Waals surface area contributed by atoms with Crippen LogP contribution in [0.2, 0.25) is 0 Å². The van der Waals surface area contributed by atoms with Crippen molar-refractivity contribution >= 4 is 27.3 Å². The highest BCUT2D eigenvalue weighted by Gasteiger charge is 2.24. The van der Waals surface area contributed by atoms with Gasteiger partial charge in [0.05, 0.1) is 5.69 Å². The van der Waals surface area contributed by atoms with Crippen molar-refractivity contribution in [2.24, 2.45) is 0 Å². The summed E-state index contributed by atoms with van der Waals surface area (Å²) in [6, 6.07) is 55.4. The zero-order valence-electron chi connectivity index (χ0n) is 25.2. The molecule has 2 aliphatic rings. The summed E-state index contributed by atoms with van der Waals surface area (Å²) in [6.45, 7) is 0. The van der Waals surface area contributed by atoms with Crippen molar-refractivity contribution in [3.63, 3.8) is 0 Å². The second-order valence-corrected chi connectivity index (χ2v) is 13.2. The smallest absolute Gasteiger partial charge is 0.0506 e. The van der Waals surface area contributed by atoms with Gasteiger partial charge in [0.2, 0.25) is 0 Å². The zero-order valence-corrected chi connectivity index (χ0v) is 26.8. The summed E-state index contributed by atoms with van der Waals surface area (Å²) in [7, 11) is 0. The van der Waals surface area contributed by atoms with Gasteiger partial charge >= 0.3 is 0 Å². The van der Waals surface area contributed by atoms with E-state index in [1.165, 1.54) is 83.6 Å². The van der Waals surface area contributed by atoms with Crippen LogP contribution < -0.4 is 5.32 Å². The molecule has 0 aromatic heterocycles. The number of halogens is 1. The van der Waals surface area contributed by atoms with E-state index in [4.69, 9.17) is 0 Å². The minimum Gasteiger partial charge on any atom is -0.355 e. The fraction of sp³-hybridized carbons (Fsp3) is 0.0455. The summed E-state index contributed by atoms with van der Waals surface area (Å²) in [5.41, 5.74) is 20.8. The van der Waals surface area contributed by atoms with E-state index in [0.717, 1.165) is 23.0 Å². The topological polar surface area (TPSA) is 12.0 Å². The van der Waals surface area contributed by atoms with Crippen molar-refractivity contribution < 1.29 is 0 Å². The molecule has 9 rings (SSSR count). The van der Waals surface area contributed by atoms with Crippen molar-refractivity contribution in [3.05, 3.63) is 178 Å². The molecule has 0 heterocycles. The lowest BCUT2D eigenvalue weighted by Gasteiger charge is -2.18. The highest BCUT2D eigenvalue weighted by atomic mass is 79.9. The Hall–Kier alpha value is -5.18. The molecular weight excluding hydrogens is 622 g/mol. The summed E-state index contributed by atoms with van der Waals surface area (Å²) in [6.07, 6.45) is 1.93. The van der Waals surface area contributed by atoms with Gasteiger partial charge in [-0.05, 0) is 103 Å². The molecule has 0 amide bonds. The van der Waals surface area contributed by atoms with Crippen LogP contribution in [-0.4, -0.2) is 0 Å². The predicted molar refractivity (Wildman–Crippen MR) is 197 cm³/mol. The molecule has 1 N–H and O–H groups in total. The molecule has 0 radical (unpaired) electrons. The van der Waals surface area contributed by atoms with Crippen LogP contribution in [-0.2, 0) is 12.8 Å². The molecule has 0 saturated carbocycles. The number of nitrogens with one attached hydrogen (secondary N) is 1. The van der Waals surface area contributed by atoms with Gasteiger partial charge in [-0.3, -0.25) is 0 Å². The van der Waals surface area contributed by atoms with E-state index in [-0.39, 0.29) is 0 Å². The highest BCUT2D eigenvalue weighted by molar-refractivity contribution is 9.10. The molecular formula is C44H30BrN. The molecule has 0 fully saturated rings. The monoisotopic (exact) mass is 651 g/mol. The normalized spacial score (nSPS) is 12.3. The molecule has 0 bridgehead atoms. The first-order valence-corrected chi connectivity index (χ1v) is 16.7. The van der Waals surface area contributed by atoms with Crippen LogP contribution in [0.15, 0.2) is 156 Å². The van der Waals surface area contributed by atoms with Gasteiger partial charge in [-0.15, -0.1) is 0 Å². The number of anilines is 2. The minimum absolute atomic E-state index is 0.930. The number of hydrogen-bond donors (Lipinski definition) is 1. The molecule has 7 aromatic carbocycles. The van der Waals surface area contributed by atoms with Gasteiger partial charge in [-0.2, -0.15) is 0 Å². The van der Waals surface area contributed by atoms with Gasteiger partial charge in [-0.1, -0.05) is 143 Å². The lowest BCUT2D eigenvalue weighted by molar-refractivity contribution is 1.26. The Morgan fingerprint density at radius 3 is 1.50 bits per heavy atom. The maximum atomic E-state index is 3.80. The number of benzene rings is 7. The molecule has 46 heavy (non-hydrogen) atoms. The standard InChI is InChI=1S/C44H30BrN/c45-34-20-22-35(23-21-34)46-44-39(24-25-41-38-9-4-2-7-33(38)27-43(41)44)31-18-14-29(15-19-31)28-12-16-30(17-13-28)36-10-5-11-40-37-8-3-1-6-32(37)26-42(36)40/h1-25,46H,26-27H2. The van der Waals surface area contributed by atoms with E-state index in [9.17, 15) is 0 Å². The van der Waals surface area contributed by atoms with Crippen LogP contribution in [0.25, 0.3) is 55.6 Å². The summed E-state index contributed by atoms with van der Waals surface area (Å²) in [5.74, 6) is 0. The molecule has 218 valence electrons. The van der Waals surface area contributed by atoms with Crippen molar-refractivity contribution in [3.8, 4) is 55.6 Å². The van der Waals surface area contributed by atoms with Crippen LogP contribution in [0.1, 0.15) is 22.3 Å². The lowest BCUT2D eigenvalue weighted by Crippen LogP contribution is -1.99. The third-order valence-electron chi connectivity index (χ3n) is 9.68. The maximum absolute atomic E-state index is 3.80. The molecule has 2 aliphatic carbocycles. The Morgan fingerprint density at radius 1 is 0.370 bits per heavy atom. The van der Waals surface area contributed by atoms with E-state index in [1.54, 1.807) is 0 Å². The Bertz CT molecular complexity index is 2260. The first kappa shape index (κ1) is 27.2. The van der Waals surface area contributed by atoms with Gasteiger partial charge < -0.3 is 5.32 Å². The van der Waals surface area contributed by atoms with Gasteiger partial charge in [0, 0.05) is 22.1 Å². The summed E-state index contributed by atoms with van der Waals surface area (Å²) >= 11 is 3.58. The third kappa shape index (κ3) is 4.60. The second-order valence-electron chi connectivity index (χ2n) is 12.3. The van der Waals surface area contributed by atoms with Gasteiger partial charge in [0.1, 0.15) is 0 Å². The molecule has 0 unspecified atom stereocenters. The number of fused-ring (bicyclic) bond motifs is 6. The van der Waals surface area contributed by atoms with E-state index in [0.29, 0.717) is 0 Å². The third-order valence-corrected chi connectivity index (χ3v) is 10.2. The molecule has 0 atom stereocenters. The largest absolute Gasteiger partial charge is 0.355 e. The van der Waals surface area contributed by atoms with Crippen LogP contribution in [0.4, 0.5) is 11.4 Å². The predicted octanol–water partition coefficient (Wildman–Crippen LogP) is 12.3. The molecule has 7 aromatic rings. The van der Waals surface area contributed by atoms with Gasteiger partial charge in [-0.25, -0.2) is 0 Å². The highest BCUT2D eigenvalue weighted by Crippen LogP contribution is 2.46. The van der Waals surface area contributed by atoms with E-state index in [1.807, 2.05) is 0 Å². The Kier molecular flexibility index (Phi) is 6.50. The van der Waals surface area contributed by atoms with Gasteiger partial charge in [0.25, 0.3) is 0 Å². The summed E-state index contributed by atoms with van der Waals surface area (Å²) in [5, 5.41) is 3.80. The van der Waals surface area contributed by atoms with Gasteiger partial charge in [0.15, 0.2) is 0 Å². The van der Waals surface area contributed by atoms with Crippen molar-refractivity contribution in [2.45, 2.75) is 12.8 Å². The van der Waals surface area contributed by atoms with Crippen molar-refractivity contribution in [2.75, 3.05) is 5.32 Å². The fourth-order valence-corrected chi connectivity index (χ4v) is 7.65. The van der Waals surface area contributed by atoms with E-state index >= 15 is 0 Å². The average molecular weight is 653 g/mol. The Labute approximate surface area is 278 Å². The number of rotatable bonds is 5. The fourth-order valence-electron chi connectivity index (χ4n) is 7.38. The zero-order chi connectivity index (χ0) is 30.6. The quantitative estimate of drug-likeness (QED) is 0.195. The molecule has 0 aliphatic heterocycles. The van der Waals surface area contributed by atoms with Crippen LogP contribution in [0.3, 0.4) is 0 Å². The lowest BCUT2D eigenvalue weighted by atomic mass is 9.93. The summed E-state index contributed by atoms with van der Waals surface area (Å²) in [4.78, 5) is 0. The van der Waals surface area contributed by atoms with Crippen LogP contribution >= 0.6 is 15.9 Å². The second kappa shape index (κ2) is 11.0. The molecule has 0 saturated heterocycles. The van der Waals surface area contributed by atoms with E-state index in [2.05, 4.69) is 173 Å². The number of hydrogen-bond acceptors (Lipinski definition) is 1. The minimum atomic E-state index is 0.930. The van der Waals surface area contributed by atoms with Crippen LogP contribution in [0.5, 0.6) is 0 Å². The first-order chi connectivity index (χ1) is 22.7. The van der Waals surface area contributed by atoms with Crippen molar-refractivity contribution in [1.82, 2.24) is 0 Å². The van der Waals surface area contributed by atoms with E-state index < -0.39 is 0 Å². The van der Waals surface area contributed by atoms with Crippen molar-refractivity contribution in [1.29, 1.82) is 0 Å². The maximum Gasteiger partial charge on any atom is 0.0506 e. The summed E-state index contributed by atoms with van der Waals surface area (Å²) < 4.78 is 1.07. The average Bonchev–Trinajstić information content (AvgIpc) is 3.69. The Morgan fingerprint density at radius 2 is 0.848 bits per heavy atom.